The molecule has 0 N–H and O–H groups in total. The van der Waals surface area contributed by atoms with Crippen molar-refractivity contribution in [2.24, 2.45) is 0 Å². The highest BCUT2D eigenvalue weighted by Gasteiger charge is 1.96. The molecule has 0 aromatic carbocycles. The van der Waals surface area contributed by atoms with Crippen molar-refractivity contribution in [1.29, 1.82) is 0 Å². The van der Waals surface area contributed by atoms with E-state index in [2.05, 4.69) is 45.4 Å². The van der Waals surface area contributed by atoms with Crippen LogP contribution in [0.1, 0.15) is 6.92 Å². The molecule has 1 atom stereocenters. The lowest BCUT2D eigenvalue weighted by atomic mass is 10.3. The van der Waals surface area contributed by atoms with Crippen LogP contribution < -0.4 is 0 Å². The van der Waals surface area contributed by atoms with E-state index in [4.69, 9.17) is 0 Å². The van der Waals surface area contributed by atoms with E-state index in [1.807, 2.05) is 0 Å². The number of hydrogen-bond donors (Lipinski definition) is 0. The highest BCUT2D eigenvalue weighted by Crippen LogP contribution is 2.10. The molecule has 0 aromatic rings. The van der Waals surface area contributed by atoms with E-state index in [0.717, 1.165) is 5.33 Å². The molecule has 0 heterocycles. The predicted octanol–water partition coefficient (Wildman–Crippen LogP) is 2.72. The summed E-state index contributed by atoms with van der Waals surface area (Å²) in [5.74, 6) is 0. The van der Waals surface area contributed by atoms with Gasteiger partial charge in [0.1, 0.15) is 0 Å². The second kappa shape index (κ2) is 3.67. The van der Waals surface area contributed by atoms with Gasteiger partial charge in [-0.15, -0.1) is 0 Å². The zero-order chi connectivity index (χ0) is 5.86. The largest absolute Gasteiger partial charge is 0.0979 e. The van der Waals surface area contributed by atoms with Crippen LogP contribution in [0, 0.1) is 0 Å². The first-order valence-electron chi connectivity index (χ1n) is 2.06. The van der Waals surface area contributed by atoms with Gasteiger partial charge in [0, 0.05) is 10.2 Å². The van der Waals surface area contributed by atoms with Crippen molar-refractivity contribution in [3.8, 4) is 0 Å². The van der Waals surface area contributed by atoms with Crippen molar-refractivity contribution in [3.63, 3.8) is 0 Å². The Hall–Kier alpha value is 0.700. The summed E-state index contributed by atoms with van der Waals surface area (Å²) in [6.45, 7) is 5.84. The Labute approximate surface area is 61.2 Å². The fourth-order valence-corrected chi connectivity index (χ4v) is 1.19. The van der Waals surface area contributed by atoms with Crippen molar-refractivity contribution >= 4 is 31.9 Å². The molecule has 7 heavy (non-hydrogen) atoms. The summed E-state index contributed by atoms with van der Waals surface area (Å²) in [5, 5.41) is 0.888. The van der Waals surface area contributed by atoms with E-state index in [1.54, 1.807) is 0 Å². The van der Waals surface area contributed by atoms with Crippen LogP contribution in [0.15, 0.2) is 12.2 Å². The lowest BCUT2D eigenvalue weighted by molar-refractivity contribution is 1.17. The van der Waals surface area contributed by atoms with Crippen LogP contribution >= 0.6 is 31.9 Å². The molecule has 0 bridgehead atoms. The predicted molar refractivity (Wildman–Crippen MR) is 41.3 cm³/mol. The first kappa shape index (κ1) is 7.70. The topological polar surface area (TPSA) is 0 Å². The molecule has 0 fully saturated rings. The lowest BCUT2D eigenvalue weighted by Gasteiger charge is -1.99. The summed E-state index contributed by atoms with van der Waals surface area (Å²) in [5.41, 5.74) is 1.18. The summed E-state index contributed by atoms with van der Waals surface area (Å²) in [6, 6.07) is 0. The number of halogens is 2. The molecule has 0 saturated heterocycles. The van der Waals surface area contributed by atoms with Crippen LogP contribution in [0.4, 0.5) is 0 Å². The minimum Gasteiger partial charge on any atom is -0.0979 e. The summed E-state index contributed by atoms with van der Waals surface area (Å²) in [7, 11) is 0. The summed E-state index contributed by atoms with van der Waals surface area (Å²) >= 11 is 6.66. The molecule has 0 aliphatic heterocycles. The normalized spacial score (nSPS) is 13.6. The second-order valence-electron chi connectivity index (χ2n) is 1.41. The highest BCUT2D eigenvalue weighted by atomic mass is 79.9. The first-order valence-corrected chi connectivity index (χ1v) is 4.10. The van der Waals surface area contributed by atoms with Gasteiger partial charge in [-0.3, -0.25) is 0 Å². The van der Waals surface area contributed by atoms with Crippen LogP contribution in [0.2, 0.25) is 0 Å². The number of alkyl halides is 2. The maximum atomic E-state index is 3.78. The van der Waals surface area contributed by atoms with E-state index in [0.29, 0.717) is 4.83 Å². The van der Waals surface area contributed by atoms with Gasteiger partial charge in [0.25, 0.3) is 0 Å². The molecule has 0 aliphatic rings. The Morgan fingerprint density at radius 1 is 1.86 bits per heavy atom. The van der Waals surface area contributed by atoms with Gasteiger partial charge in [-0.25, -0.2) is 0 Å². The SMILES string of the molecule is C=C(CBr)C(C)Br. The molecular weight excluding hydrogens is 220 g/mol. The number of allylic oxidation sites excluding steroid dienone is 1. The van der Waals surface area contributed by atoms with Gasteiger partial charge in [0.05, 0.1) is 0 Å². The molecule has 1 unspecified atom stereocenters. The molecule has 0 radical (unpaired) electrons. The molecule has 0 nitrogen and oxygen atoms in total. The smallest absolute Gasteiger partial charge is 0.0331 e. The molecule has 42 valence electrons. The van der Waals surface area contributed by atoms with Crippen LogP contribution in [0.5, 0.6) is 0 Å². The average molecular weight is 228 g/mol. The lowest BCUT2D eigenvalue weighted by Crippen LogP contribution is -1.93. The van der Waals surface area contributed by atoms with E-state index < -0.39 is 0 Å². The molecule has 0 amide bonds. The maximum absolute atomic E-state index is 3.78. The quantitative estimate of drug-likeness (QED) is 0.503. The molecular formula is C5H8Br2. The van der Waals surface area contributed by atoms with Crippen molar-refractivity contribution in [2.45, 2.75) is 11.8 Å². The number of rotatable bonds is 2. The minimum atomic E-state index is 0.437. The molecule has 0 aliphatic carbocycles. The van der Waals surface area contributed by atoms with Crippen molar-refractivity contribution in [1.82, 2.24) is 0 Å². The standard InChI is InChI=1S/C5H8Br2/c1-4(3-6)5(2)7/h5H,1,3H2,2H3. The van der Waals surface area contributed by atoms with Gasteiger partial charge in [0.2, 0.25) is 0 Å². The fourth-order valence-electron chi connectivity index (χ4n) is 0.106. The Morgan fingerprint density at radius 3 is 2.29 bits per heavy atom. The van der Waals surface area contributed by atoms with E-state index in [-0.39, 0.29) is 0 Å². The van der Waals surface area contributed by atoms with Gasteiger partial charge in [-0.05, 0) is 6.92 Å². The van der Waals surface area contributed by atoms with Gasteiger partial charge >= 0.3 is 0 Å². The third-order valence-electron chi connectivity index (χ3n) is 0.734. The van der Waals surface area contributed by atoms with Crippen LogP contribution in [-0.4, -0.2) is 10.2 Å². The Bertz CT molecular complexity index is 66.5. The maximum Gasteiger partial charge on any atom is 0.0331 e. The number of hydrogen-bond acceptors (Lipinski definition) is 0. The highest BCUT2D eigenvalue weighted by molar-refractivity contribution is 9.10. The third kappa shape index (κ3) is 3.30. The summed E-state index contributed by atoms with van der Waals surface area (Å²) in [4.78, 5) is 0.437. The molecule has 0 spiro atoms. The third-order valence-corrected chi connectivity index (χ3v) is 2.10. The van der Waals surface area contributed by atoms with Crippen LogP contribution in [0.25, 0.3) is 0 Å². The van der Waals surface area contributed by atoms with Crippen LogP contribution in [-0.2, 0) is 0 Å². The summed E-state index contributed by atoms with van der Waals surface area (Å²) in [6.07, 6.45) is 0. The van der Waals surface area contributed by atoms with Gasteiger partial charge < -0.3 is 0 Å². The van der Waals surface area contributed by atoms with Crippen molar-refractivity contribution < 1.29 is 0 Å². The Morgan fingerprint density at radius 2 is 2.29 bits per heavy atom. The second-order valence-corrected chi connectivity index (χ2v) is 3.34. The monoisotopic (exact) mass is 226 g/mol. The van der Waals surface area contributed by atoms with Crippen LogP contribution in [0.3, 0.4) is 0 Å². The molecule has 2 heteroatoms. The Balaban J connectivity index is 3.35. The van der Waals surface area contributed by atoms with Gasteiger partial charge in [-0.1, -0.05) is 44.0 Å². The summed E-state index contributed by atoms with van der Waals surface area (Å²) < 4.78 is 0. The van der Waals surface area contributed by atoms with Crippen molar-refractivity contribution in [3.05, 3.63) is 12.2 Å². The molecule has 0 rings (SSSR count). The molecule has 0 aromatic heterocycles. The van der Waals surface area contributed by atoms with E-state index in [1.165, 1.54) is 5.57 Å². The van der Waals surface area contributed by atoms with E-state index >= 15 is 0 Å². The van der Waals surface area contributed by atoms with Gasteiger partial charge in [-0.2, -0.15) is 0 Å². The fraction of sp³-hybridized carbons (Fsp3) is 0.600. The average Bonchev–Trinajstić information content (AvgIpc) is 1.65. The van der Waals surface area contributed by atoms with Crippen molar-refractivity contribution in [2.75, 3.05) is 5.33 Å². The minimum absolute atomic E-state index is 0.437. The Kier molecular flexibility index (Phi) is 4.04. The molecule has 0 saturated carbocycles. The zero-order valence-electron chi connectivity index (χ0n) is 4.25. The van der Waals surface area contributed by atoms with Gasteiger partial charge in [0.15, 0.2) is 0 Å². The van der Waals surface area contributed by atoms with E-state index in [9.17, 15) is 0 Å². The first-order chi connectivity index (χ1) is 3.18. The zero-order valence-corrected chi connectivity index (χ0v) is 7.42.